The molecule has 72 valence electrons. The Morgan fingerprint density at radius 2 is 2.08 bits per heavy atom. The van der Waals surface area contributed by atoms with Gasteiger partial charge in [-0.05, 0) is 24.1 Å². The predicted molar refractivity (Wildman–Crippen MR) is 53.0 cm³/mol. The second-order valence-corrected chi connectivity index (χ2v) is 4.86. The average molecular weight is 220 g/mol. The van der Waals surface area contributed by atoms with Crippen molar-refractivity contribution >= 4 is 21.6 Å². The van der Waals surface area contributed by atoms with Crippen molar-refractivity contribution in [3.8, 4) is 0 Å². The van der Waals surface area contributed by atoms with Gasteiger partial charge in [-0.25, -0.2) is 13.6 Å². The third-order valence-electron chi connectivity index (χ3n) is 1.70. The summed E-state index contributed by atoms with van der Waals surface area (Å²) < 4.78 is 21.6. The molecule has 0 bridgehead atoms. The molecule has 2 N–H and O–H groups in total. The van der Waals surface area contributed by atoms with E-state index >= 15 is 0 Å². The van der Waals surface area contributed by atoms with Crippen LogP contribution in [0.2, 0.25) is 5.02 Å². The highest BCUT2D eigenvalue weighted by Crippen LogP contribution is 2.20. The minimum Gasteiger partial charge on any atom is -0.228 e. The van der Waals surface area contributed by atoms with Gasteiger partial charge in [0.15, 0.2) is 0 Å². The first kappa shape index (κ1) is 10.5. The molecule has 5 heteroatoms. The molecule has 0 aliphatic heterocycles. The van der Waals surface area contributed by atoms with E-state index in [4.69, 9.17) is 16.7 Å². The molecule has 0 saturated carbocycles. The standard InChI is InChI=1S/C8H10ClNO2S/c1-6-3-2-4-8(9)7(6)5-13(10,11)12/h2-4H,5H2,1H3,(H2,10,11,12). The van der Waals surface area contributed by atoms with Gasteiger partial charge in [-0.2, -0.15) is 0 Å². The summed E-state index contributed by atoms with van der Waals surface area (Å²) in [6, 6.07) is 5.21. The van der Waals surface area contributed by atoms with Crippen molar-refractivity contribution in [2.24, 2.45) is 5.14 Å². The Balaban J connectivity index is 3.15. The number of nitrogens with two attached hydrogens (primary N) is 1. The minimum absolute atomic E-state index is 0.210. The summed E-state index contributed by atoms with van der Waals surface area (Å²) in [5.74, 6) is -0.210. The van der Waals surface area contributed by atoms with Crippen molar-refractivity contribution in [3.05, 3.63) is 34.3 Å². The van der Waals surface area contributed by atoms with Crippen LogP contribution in [0.25, 0.3) is 0 Å². The lowest BCUT2D eigenvalue weighted by Crippen LogP contribution is -2.15. The molecule has 1 rings (SSSR count). The van der Waals surface area contributed by atoms with Crippen LogP contribution >= 0.6 is 11.6 Å². The Kier molecular flexibility index (Phi) is 2.95. The lowest BCUT2D eigenvalue weighted by molar-refractivity contribution is 0.597. The van der Waals surface area contributed by atoms with Crippen LogP contribution in [0.1, 0.15) is 11.1 Å². The number of aryl methyl sites for hydroxylation is 1. The van der Waals surface area contributed by atoms with Crippen LogP contribution in [0.5, 0.6) is 0 Å². The van der Waals surface area contributed by atoms with Gasteiger partial charge >= 0.3 is 0 Å². The molecule has 0 amide bonds. The topological polar surface area (TPSA) is 60.2 Å². The summed E-state index contributed by atoms with van der Waals surface area (Å²) in [4.78, 5) is 0. The summed E-state index contributed by atoms with van der Waals surface area (Å²) in [5, 5.41) is 5.36. The van der Waals surface area contributed by atoms with Crippen LogP contribution in [-0.2, 0) is 15.8 Å². The Morgan fingerprint density at radius 1 is 1.46 bits per heavy atom. The first-order valence-corrected chi connectivity index (χ1v) is 5.74. The average Bonchev–Trinajstić information content (AvgIpc) is 1.95. The molecule has 0 unspecified atom stereocenters. The molecule has 13 heavy (non-hydrogen) atoms. The summed E-state index contributed by atoms with van der Waals surface area (Å²) in [6.45, 7) is 1.80. The van der Waals surface area contributed by atoms with Crippen molar-refractivity contribution in [3.63, 3.8) is 0 Å². The Morgan fingerprint density at radius 3 is 2.54 bits per heavy atom. The fourth-order valence-corrected chi connectivity index (χ4v) is 2.20. The quantitative estimate of drug-likeness (QED) is 0.818. The summed E-state index contributed by atoms with van der Waals surface area (Å²) >= 11 is 5.82. The van der Waals surface area contributed by atoms with Gasteiger partial charge in [-0.3, -0.25) is 0 Å². The molecule has 0 spiro atoms. The van der Waals surface area contributed by atoms with E-state index in [9.17, 15) is 8.42 Å². The molecule has 1 aromatic rings. The van der Waals surface area contributed by atoms with E-state index in [1.54, 1.807) is 25.1 Å². The number of halogens is 1. The highest BCUT2D eigenvalue weighted by molar-refractivity contribution is 7.88. The molecular formula is C8H10ClNO2S. The second kappa shape index (κ2) is 3.65. The fraction of sp³-hybridized carbons (Fsp3) is 0.250. The van der Waals surface area contributed by atoms with E-state index in [1.165, 1.54) is 0 Å². The normalized spacial score (nSPS) is 11.6. The van der Waals surface area contributed by atoms with Crippen molar-refractivity contribution in [1.82, 2.24) is 0 Å². The van der Waals surface area contributed by atoms with Crippen LogP contribution in [0.4, 0.5) is 0 Å². The van der Waals surface area contributed by atoms with Crippen molar-refractivity contribution in [1.29, 1.82) is 0 Å². The largest absolute Gasteiger partial charge is 0.228 e. The van der Waals surface area contributed by atoms with E-state index in [1.807, 2.05) is 0 Å². The Hall–Kier alpha value is -0.580. The van der Waals surface area contributed by atoms with Gasteiger partial charge in [-0.1, -0.05) is 23.7 Å². The predicted octanol–water partition coefficient (Wildman–Crippen LogP) is 1.44. The maximum atomic E-state index is 10.8. The van der Waals surface area contributed by atoms with Crippen LogP contribution in [0, 0.1) is 6.92 Å². The third-order valence-corrected chi connectivity index (χ3v) is 2.74. The molecule has 0 fully saturated rings. The molecule has 1 aromatic carbocycles. The van der Waals surface area contributed by atoms with Crippen molar-refractivity contribution in [2.75, 3.05) is 0 Å². The van der Waals surface area contributed by atoms with E-state index in [0.29, 0.717) is 10.6 Å². The highest BCUT2D eigenvalue weighted by Gasteiger charge is 2.10. The van der Waals surface area contributed by atoms with Crippen LogP contribution in [-0.4, -0.2) is 8.42 Å². The van der Waals surface area contributed by atoms with Gasteiger partial charge < -0.3 is 0 Å². The van der Waals surface area contributed by atoms with Crippen molar-refractivity contribution < 1.29 is 8.42 Å². The zero-order valence-electron chi connectivity index (χ0n) is 7.12. The number of hydrogen-bond acceptors (Lipinski definition) is 2. The monoisotopic (exact) mass is 219 g/mol. The first-order valence-electron chi connectivity index (χ1n) is 3.64. The SMILES string of the molecule is Cc1cccc(Cl)c1CS(N)(=O)=O. The number of primary sulfonamides is 1. The van der Waals surface area contributed by atoms with E-state index < -0.39 is 10.0 Å². The van der Waals surface area contributed by atoms with Crippen LogP contribution in [0.15, 0.2) is 18.2 Å². The molecule has 0 heterocycles. The van der Waals surface area contributed by atoms with Gasteiger partial charge in [0, 0.05) is 5.02 Å². The highest BCUT2D eigenvalue weighted by atomic mass is 35.5. The van der Waals surface area contributed by atoms with Crippen molar-refractivity contribution in [2.45, 2.75) is 12.7 Å². The minimum atomic E-state index is -3.51. The van der Waals surface area contributed by atoms with Gasteiger partial charge in [0.25, 0.3) is 0 Å². The summed E-state index contributed by atoms with van der Waals surface area (Å²) in [7, 11) is -3.51. The third kappa shape index (κ3) is 2.99. The maximum absolute atomic E-state index is 10.8. The molecule has 3 nitrogen and oxygen atoms in total. The van der Waals surface area contributed by atoms with Gasteiger partial charge in [-0.15, -0.1) is 0 Å². The van der Waals surface area contributed by atoms with Gasteiger partial charge in [0.2, 0.25) is 10.0 Å². The Labute approximate surface area is 82.6 Å². The first-order chi connectivity index (χ1) is 5.90. The molecular weight excluding hydrogens is 210 g/mol. The molecule has 0 aromatic heterocycles. The smallest absolute Gasteiger partial charge is 0.213 e. The van der Waals surface area contributed by atoms with Crippen LogP contribution in [0.3, 0.4) is 0 Å². The number of benzene rings is 1. The molecule has 0 radical (unpaired) electrons. The fourth-order valence-electron chi connectivity index (χ4n) is 1.05. The molecule has 0 saturated heterocycles. The number of sulfonamides is 1. The van der Waals surface area contributed by atoms with E-state index in [0.717, 1.165) is 5.56 Å². The lowest BCUT2D eigenvalue weighted by atomic mass is 10.1. The number of rotatable bonds is 2. The zero-order chi connectivity index (χ0) is 10.1. The van der Waals surface area contributed by atoms with Gasteiger partial charge in [0.1, 0.15) is 0 Å². The number of hydrogen-bond donors (Lipinski definition) is 1. The Bertz CT molecular complexity index is 394. The van der Waals surface area contributed by atoms with Crippen LogP contribution < -0.4 is 5.14 Å². The summed E-state index contributed by atoms with van der Waals surface area (Å²) in [6.07, 6.45) is 0. The second-order valence-electron chi connectivity index (χ2n) is 2.84. The molecule has 0 atom stereocenters. The molecule has 0 aliphatic rings. The lowest BCUT2D eigenvalue weighted by Gasteiger charge is -2.05. The molecule has 0 aliphatic carbocycles. The van der Waals surface area contributed by atoms with E-state index in [2.05, 4.69) is 0 Å². The maximum Gasteiger partial charge on any atom is 0.213 e. The van der Waals surface area contributed by atoms with E-state index in [-0.39, 0.29) is 5.75 Å². The van der Waals surface area contributed by atoms with Gasteiger partial charge in [0.05, 0.1) is 5.75 Å². The summed E-state index contributed by atoms with van der Waals surface area (Å²) in [5.41, 5.74) is 1.41. The zero-order valence-corrected chi connectivity index (χ0v) is 8.69.